The van der Waals surface area contributed by atoms with Crippen molar-refractivity contribution in [2.75, 3.05) is 11.6 Å². The lowest BCUT2D eigenvalue weighted by atomic mass is 10.2. The quantitative estimate of drug-likeness (QED) is 0.725. The highest BCUT2D eigenvalue weighted by Crippen LogP contribution is 2.28. The third-order valence-electron chi connectivity index (χ3n) is 3.74. The average Bonchev–Trinajstić information content (AvgIpc) is 3.08. The molecule has 1 atom stereocenters. The molecular formula is C14H22ClNO3S. The molecule has 0 saturated heterocycles. The molecule has 0 spiro atoms. The normalized spacial score (nSPS) is 18.8. The van der Waals surface area contributed by atoms with Crippen LogP contribution in [0.2, 0.25) is 0 Å². The van der Waals surface area contributed by atoms with Gasteiger partial charge in [0, 0.05) is 11.9 Å². The molecule has 6 heteroatoms. The van der Waals surface area contributed by atoms with E-state index in [1.807, 2.05) is 13.0 Å². The van der Waals surface area contributed by atoms with Crippen LogP contribution in [0.4, 0.5) is 0 Å². The van der Waals surface area contributed by atoms with Gasteiger partial charge in [-0.05, 0) is 30.9 Å². The molecule has 4 nitrogen and oxygen atoms in total. The van der Waals surface area contributed by atoms with Crippen LogP contribution in [0.5, 0.6) is 0 Å². The van der Waals surface area contributed by atoms with E-state index in [0.717, 1.165) is 25.7 Å². The fraction of sp³-hybridized carbons (Fsp3) is 0.714. The van der Waals surface area contributed by atoms with Gasteiger partial charge in [-0.2, -0.15) is 4.31 Å². The van der Waals surface area contributed by atoms with Crippen molar-refractivity contribution in [2.45, 2.75) is 45.2 Å². The summed E-state index contributed by atoms with van der Waals surface area (Å²) in [6.45, 7) is 2.19. The van der Waals surface area contributed by atoms with Crippen molar-refractivity contribution in [1.29, 1.82) is 0 Å². The largest absolute Gasteiger partial charge is 0.468 e. The van der Waals surface area contributed by atoms with Gasteiger partial charge in [0.1, 0.15) is 5.76 Å². The van der Waals surface area contributed by atoms with Crippen LogP contribution >= 0.6 is 11.6 Å². The molecule has 1 aromatic heterocycles. The lowest BCUT2D eigenvalue weighted by molar-refractivity contribution is 0.290. The van der Waals surface area contributed by atoms with Crippen LogP contribution in [0, 0.1) is 5.92 Å². The Balaban J connectivity index is 2.16. The van der Waals surface area contributed by atoms with Crippen LogP contribution in [0.25, 0.3) is 0 Å². The highest BCUT2D eigenvalue weighted by atomic mass is 35.5. The van der Waals surface area contributed by atoms with Crippen molar-refractivity contribution < 1.29 is 12.8 Å². The van der Waals surface area contributed by atoms with Crippen LogP contribution in [-0.2, 0) is 16.6 Å². The Morgan fingerprint density at radius 2 is 2.15 bits per heavy atom. The maximum Gasteiger partial charge on any atom is 0.215 e. The molecule has 0 radical (unpaired) electrons. The zero-order chi connectivity index (χ0) is 14.6. The van der Waals surface area contributed by atoms with Crippen LogP contribution in [0.3, 0.4) is 0 Å². The molecule has 1 aromatic rings. The smallest absolute Gasteiger partial charge is 0.215 e. The molecule has 1 aliphatic rings. The first-order valence-electron chi connectivity index (χ1n) is 7.11. The minimum Gasteiger partial charge on any atom is -0.468 e. The highest BCUT2D eigenvalue weighted by molar-refractivity contribution is 7.89. The Hall–Kier alpha value is -0.520. The molecule has 0 N–H and O–H groups in total. The average molecular weight is 320 g/mol. The Labute approximate surface area is 126 Å². The third-order valence-corrected chi connectivity index (χ3v) is 6.40. The zero-order valence-corrected chi connectivity index (χ0v) is 13.4. The number of alkyl halides is 1. The summed E-state index contributed by atoms with van der Waals surface area (Å²) < 4.78 is 32.2. The first kappa shape index (κ1) is 15.9. The molecule has 1 aliphatic carbocycles. The summed E-state index contributed by atoms with van der Waals surface area (Å²) in [6, 6.07) is 3.71. The van der Waals surface area contributed by atoms with E-state index in [9.17, 15) is 8.42 Å². The number of hydrogen-bond acceptors (Lipinski definition) is 3. The summed E-state index contributed by atoms with van der Waals surface area (Å²) in [4.78, 5) is 0. The van der Waals surface area contributed by atoms with E-state index in [-0.39, 0.29) is 17.7 Å². The van der Waals surface area contributed by atoms with Gasteiger partial charge < -0.3 is 4.42 Å². The summed E-state index contributed by atoms with van der Waals surface area (Å²) in [5.74, 6) is 1.12. The lowest BCUT2D eigenvalue weighted by Crippen LogP contribution is -2.40. The molecule has 1 unspecified atom stereocenters. The maximum absolute atomic E-state index is 12.6. The van der Waals surface area contributed by atoms with Crippen molar-refractivity contribution >= 4 is 21.6 Å². The van der Waals surface area contributed by atoms with E-state index in [1.54, 1.807) is 16.6 Å². The lowest BCUT2D eigenvalue weighted by Gasteiger charge is -2.28. The van der Waals surface area contributed by atoms with Gasteiger partial charge >= 0.3 is 0 Å². The molecule has 0 aromatic carbocycles. The summed E-state index contributed by atoms with van der Waals surface area (Å²) in [5, 5.41) is 0. The molecule has 0 bridgehead atoms. The number of halogens is 1. The van der Waals surface area contributed by atoms with Gasteiger partial charge in [0.05, 0.1) is 18.6 Å². The monoisotopic (exact) mass is 319 g/mol. The second-order valence-corrected chi connectivity index (χ2v) is 7.88. The number of furan rings is 1. The second kappa shape index (κ2) is 6.96. The molecular weight excluding hydrogens is 298 g/mol. The number of nitrogens with zero attached hydrogens (tertiary/aromatic N) is 1. The van der Waals surface area contributed by atoms with Crippen molar-refractivity contribution in [3.05, 3.63) is 24.2 Å². The predicted octanol–water partition coefficient (Wildman–Crippen LogP) is 3.23. The van der Waals surface area contributed by atoms with Gasteiger partial charge in [-0.25, -0.2) is 8.42 Å². The first-order valence-corrected chi connectivity index (χ1v) is 9.25. The molecule has 1 heterocycles. The van der Waals surface area contributed by atoms with E-state index < -0.39 is 10.0 Å². The molecule has 1 fully saturated rings. The number of sulfonamides is 1. The molecule has 114 valence electrons. The van der Waals surface area contributed by atoms with Gasteiger partial charge in [0.25, 0.3) is 0 Å². The van der Waals surface area contributed by atoms with E-state index in [2.05, 4.69) is 0 Å². The fourth-order valence-corrected chi connectivity index (χ4v) is 4.96. The van der Waals surface area contributed by atoms with E-state index in [0.29, 0.717) is 18.2 Å². The van der Waals surface area contributed by atoms with Crippen molar-refractivity contribution in [3.63, 3.8) is 0 Å². The van der Waals surface area contributed by atoms with E-state index in [1.165, 1.54) is 0 Å². The van der Waals surface area contributed by atoms with Crippen LogP contribution in [-0.4, -0.2) is 30.4 Å². The second-order valence-electron chi connectivity index (χ2n) is 5.60. The summed E-state index contributed by atoms with van der Waals surface area (Å²) in [6.07, 6.45) is 5.65. The minimum absolute atomic E-state index is 0.0397. The molecule has 0 amide bonds. The summed E-state index contributed by atoms with van der Waals surface area (Å²) in [5.41, 5.74) is 0. The molecule has 0 aliphatic heterocycles. The SMILES string of the molecule is CC(CCl)CS(=O)(=O)N(Cc1ccco1)C1CCCC1. The highest BCUT2D eigenvalue weighted by Gasteiger charge is 2.33. The Morgan fingerprint density at radius 3 is 2.70 bits per heavy atom. The topological polar surface area (TPSA) is 50.5 Å². The van der Waals surface area contributed by atoms with Crippen LogP contribution < -0.4 is 0 Å². The number of hydrogen-bond donors (Lipinski definition) is 0. The predicted molar refractivity (Wildman–Crippen MR) is 80.2 cm³/mol. The van der Waals surface area contributed by atoms with Gasteiger partial charge in [0.2, 0.25) is 10.0 Å². The van der Waals surface area contributed by atoms with E-state index in [4.69, 9.17) is 16.0 Å². The zero-order valence-electron chi connectivity index (χ0n) is 11.8. The van der Waals surface area contributed by atoms with Gasteiger partial charge in [-0.3, -0.25) is 0 Å². The van der Waals surface area contributed by atoms with Crippen LogP contribution in [0.1, 0.15) is 38.4 Å². The summed E-state index contributed by atoms with van der Waals surface area (Å²) >= 11 is 5.76. The van der Waals surface area contributed by atoms with Crippen molar-refractivity contribution in [1.82, 2.24) is 4.31 Å². The summed E-state index contributed by atoms with van der Waals surface area (Å²) in [7, 11) is -3.30. The fourth-order valence-electron chi connectivity index (χ4n) is 2.70. The van der Waals surface area contributed by atoms with Gasteiger partial charge in [-0.1, -0.05) is 19.8 Å². The molecule has 1 saturated carbocycles. The van der Waals surface area contributed by atoms with E-state index >= 15 is 0 Å². The Bertz CT molecular complexity index is 494. The first-order chi connectivity index (χ1) is 9.53. The standard InChI is InChI=1S/C14H22ClNO3S/c1-12(9-15)11-20(17,18)16(13-5-2-3-6-13)10-14-7-4-8-19-14/h4,7-8,12-13H,2-3,5-6,9-11H2,1H3. The van der Waals surface area contributed by atoms with Gasteiger partial charge in [0.15, 0.2) is 0 Å². The molecule has 2 rings (SSSR count). The van der Waals surface area contributed by atoms with Crippen molar-refractivity contribution in [2.24, 2.45) is 5.92 Å². The third kappa shape index (κ3) is 3.99. The Kier molecular flexibility index (Phi) is 5.52. The van der Waals surface area contributed by atoms with Crippen LogP contribution in [0.15, 0.2) is 22.8 Å². The van der Waals surface area contributed by atoms with Crippen molar-refractivity contribution in [3.8, 4) is 0 Å². The maximum atomic E-state index is 12.6. The molecule has 20 heavy (non-hydrogen) atoms. The Morgan fingerprint density at radius 1 is 1.45 bits per heavy atom. The minimum atomic E-state index is -3.30. The van der Waals surface area contributed by atoms with Gasteiger partial charge in [-0.15, -0.1) is 11.6 Å². The number of rotatable bonds is 7.